The molecule has 2 heterocycles. The summed E-state index contributed by atoms with van der Waals surface area (Å²) in [5, 5.41) is 2.60. The molecule has 0 saturated carbocycles. The zero-order valence-electron chi connectivity index (χ0n) is 19.2. The lowest BCUT2D eigenvalue weighted by atomic mass is 9.85. The van der Waals surface area contributed by atoms with E-state index < -0.39 is 51.4 Å². The van der Waals surface area contributed by atoms with Crippen molar-refractivity contribution >= 4 is 33.9 Å². The summed E-state index contributed by atoms with van der Waals surface area (Å²) >= 11 is 0. The fraction of sp³-hybridized carbons (Fsp3) is 0.409. The van der Waals surface area contributed by atoms with Crippen molar-refractivity contribution in [2.75, 3.05) is 10.7 Å². The van der Waals surface area contributed by atoms with Gasteiger partial charge in [-0.15, -0.1) is 13.2 Å². The number of anilines is 2. The molecule has 1 aliphatic heterocycles. The molecule has 190 valence electrons. The van der Waals surface area contributed by atoms with Gasteiger partial charge in [0.05, 0.1) is 40.5 Å². The number of ether oxygens (including phenoxy) is 1. The predicted octanol–water partition coefficient (Wildman–Crippen LogP) is 3.59. The van der Waals surface area contributed by atoms with Gasteiger partial charge in [-0.3, -0.25) is 19.5 Å². The average molecular weight is 518 g/mol. The third-order valence-corrected chi connectivity index (χ3v) is 6.78. The number of halogens is 4. The van der Waals surface area contributed by atoms with Crippen LogP contribution in [0.25, 0.3) is 0 Å². The van der Waals surface area contributed by atoms with Crippen molar-refractivity contribution in [1.29, 1.82) is 0 Å². The molecule has 0 bridgehead atoms. The molecule has 0 aliphatic carbocycles. The highest BCUT2D eigenvalue weighted by molar-refractivity contribution is 7.72. The summed E-state index contributed by atoms with van der Waals surface area (Å²) in [5.74, 6) is -3.38. The number of nitrogens with one attached hydrogen (secondary N) is 1. The van der Waals surface area contributed by atoms with E-state index in [9.17, 15) is 31.2 Å². The van der Waals surface area contributed by atoms with Gasteiger partial charge in [-0.2, -0.15) is 0 Å². The SMILES string of the molecule is CC[C@@](C)(C[SH](=O)=O)NC(=O)c1cc(F)c2c(c1)C(C)(C)C(=O)N2c1cncc(OC(F)(F)F)c1. The number of benzene rings is 1. The first-order chi connectivity index (χ1) is 16.1. The molecule has 0 unspecified atom stereocenters. The number of fused-ring (bicyclic) bond motifs is 1. The van der Waals surface area contributed by atoms with E-state index in [-0.39, 0.29) is 34.7 Å². The Kier molecular flexibility index (Phi) is 6.86. The van der Waals surface area contributed by atoms with Gasteiger partial charge >= 0.3 is 6.36 Å². The van der Waals surface area contributed by atoms with Gasteiger partial charge in [0.15, 0.2) is 0 Å². The first-order valence-electron chi connectivity index (χ1n) is 10.4. The minimum atomic E-state index is -4.99. The van der Waals surface area contributed by atoms with Crippen LogP contribution in [0.5, 0.6) is 5.75 Å². The van der Waals surface area contributed by atoms with E-state index in [1.807, 2.05) is 0 Å². The molecular formula is C22H23F4N3O5S. The molecule has 0 spiro atoms. The van der Waals surface area contributed by atoms with Gasteiger partial charge in [-0.25, -0.2) is 12.8 Å². The molecule has 1 N–H and O–H groups in total. The predicted molar refractivity (Wildman–Crippen MR) is 119 cm³/mol. The number of amides is 2. The summed E-state index contributed by atoms with van der Waals surface area (Å²) in [7, 11) is -2.80. The summed E-state index contributed by atoms with van der Waals surface area (Å²) < 4.78 is 79.5. The zero-order chi connectivity index (χ0) is 26.3. The second-order valence-corrected chi connectivity index (χ2v) is 9.89. The third-order valence-electron chi connectivity index (χ3n) is 5.82. The molecule has 35 heavy (non-hydrogen) atoms. The molecule has 13 heteroatoms. The summed E-state index contributed by atoms with van der Waals surface area (Å²) in [6.07, 6.45) is -2.82. The van der Waals surface area contributed by atoms with Crippen LogP contribution in [0.3, 0.4) is 0 Å². The minimum Gasteiger partial charge on any atom is -0.404 e. The Hall–Kier alpha value is -3.22. The lowest BCUT2D eigenvalue weighted by molar-refractivity contribution is -0.274. The molecular weight excluding hydrogens is 494 g/mol. The van der Waals surface area contributed by atoms with E-state index in [2.05, 4.69) is 15.0 Å². The second kappa shape index (κ2) is 9.10. The average Bonchev–Trinajstić information content (AvgIpc) is 2.93. The van der Waals surface area contributed by atoms with Crippen molar-refractivity contribution in [3.8, 4) is 5.75 Å². The molecule has 3 rings (SSSR count). The number of thiol groups is 1. The first-order valence-corrected chi connectivity index (χ1v) is 11.8. The van der Waals surface area contributed by atoms with Gasteiger partial charge in [0, 0.05) is 11.6 Å². The van der Waals surface area contributed by atoms with Crippen LogP contribution in [0.4, 0.5) is 28.9 Å². The van der Waals surface area contributed by atoms with Crippen LogP contribution in [0, 0.1) is 5.82 Å². The number of alkyl halides is 3. The third kappa shape index (κ3) is 5.39. The summed E-state index contributed by atoms with van der Waals surface area (Å²) in [4.78, 5) is 30.6. The van der Waals surface area contributed by atoms with E-state index in [4.69, 9.17) is 0 Å². The molecule has 1 atom stereocenters. The number of nitrogens with zero attached hydrogens (tertiary/aromatic N) is 2. The van der Waals surface area contributed by atoms with Crippen LogP contribution in [-0.2, 0) is 20.9 Å². The molecule has 0 saturated heterocycles. The Balaban J connectivity index is 2.05. The highest BCUT2D eigenvalue weighted by atomic mass is 32.2. The highest BCUT2D eigenvalue weighted by Gasteiger charge is 2.47. The number of pyridine rings is 1. The maximum Gasteiger partial charge on any atom is 0.573 e. The molecule has 1 aliphatic rings. The monoisotopic (exact) mass is 517 g/mol. The van der Waals surface area contributed by atoms with Crippen molar-refractivity contribution in [1.82, 2.24) is 10.3 Å². The van der Waals surface area contributed by atoms with Crippen molar-refractivity contribution in [3.63, 3.8) is 0 Å². The lowest BCUT2D eigenvalue weighted by Gasteiger charge is -2.27. The number of rotatable bonds is 7. The maximum absolute atomic E-state index is 15.4. The van der Waals surface area contributed by atoms with Crippen molar-refractivity contribution in [3.05, 3.63) is 47.5 Å². The fourth-order valence-electron chi connectivity index (χ4n) is 3.77. The minimum absolute atomic E-state index is 0.128. The van der Waals surface area contributed by atoms with Gasteiger partial charge in [0.25, 0.3) is 5.91 Å². The summed E-state index contributed by atoms with van der Waals surface area (Å²) in [5.41, 5.74) is -2.84. The number of aromatic nitrogens is 1. The second-order valence-electron chi connectivity index (χ2n) is 8.91. The Morgan fingerprint density at radius 2 is 1.86 bits per heavy atom. The smallest absolute Gasteiger partial charge is 0.404 e. The van der Waals surface area contributed by atoms with Crippen molar-refractivity contribution in [2.45, 2.75) is 51.4 Å². The Labute approximate surface area is 200 Å². The van der Waals surface area contributed by atoms with Crippen LogP contribution < -0.4 is 15.0 Å². The molecule has 0 fully saturated rings. The number of hydrogen-bond donors (Lipinski definition) is 2. The van der Waals surface area contributed by atoms with Crippen molar-refractivity contribution < 1.29 is 40.3 Å². The normalized spacial score (nSPS) is 16.7. The van der Waals surface area contributed by atoms with E-state index in [1.165, 1.54) is 26.8 Å². The maximum atomic E-state index is 15.4. The van der Waals surface area contributed by atoms with E-state index in [0.717, 1.165) is 29.4 Å². The summed E-state index contributed by atoms with van der Waals surface area (Å²) in [6.45, 7) is 6.19. The first kappa shape index (κ1) is 26.4. The summed E-state index contributed by atoms with van der Waals surface area (Å²) in [6, 6.07) is 3.09. The highest BCUT2D eigenvalue weighted by Crippen LogP contribution is 2.47. The Morgan fingerprint density at radius 3 is 2.43 bits per heavy atom. The van der Waals surface area contributed by atoms with Gasteiger partial charge in [-0.1, -0.05) is 6.92 Å². The molecule has 2 amide bonds. The molecule has 1 aromatic carbocycles. The number of hydrogen-bond acceptors (Lipinski definition) is 6. The molecule has 2 aromatic rings. The van der Waals surface area contributed by atoms with Gasteiger partial charge in [-0.05, 0) is 44.9 Å². The van der Waals surface area contributed by atoms with Crippen LogP contribution in [-0.4, -0.2) is 42.9 Å². The lowest BCUT2D eigenvalue weighted by Crippen LogP contribution is -2.48. The standard InChI is InChI=1S/C22H23F4N3O5S/c1-5-21(4,11-35(32)33)28-18(30)12-6-15-17(16(23)7-12)29(19(31)20(15,2)3)13-8-14(10-27-9-13)34-22(24,25)26/h6-10,35H,5,11H2,1-4H3,(H,28,30)/t21-/m0/s1. The van der Waals surface area contributed by atoms with E-state index in [0.29, 0.717) is 0 Å². The quantitative estimate of drug-likeness (QED) is 0.430. The van der Waals surface area contributed by atoms with Crippen LogP contribution in [0.2, 0.25) is 0 Å². The van der Waals surface area contributed by atoms with Crippen LogP contribution >= 0.6 is 0 Å². The molecule has 8 nitrogen and oxygen atoms in total. The topological polar surface area (TPSA) is 106 Å². The Bertz CT molecular complexity index is 1250. The number of carbonyl (C=O) groups excluding carboxylic acids is 2. The molecule has 1 aromatic heterocycles. The number of carbonyl (C=O) groups is 2. The van der Waals surface area contributed by atoms with Crippen LogP contribution in [0.1, 0.15) is 50.0 Å². The van der Waals surface area contributed by atoms with Crippen LogP contribution in [0.15, 0.2) is 30.6 Å². The van der Waals surface area contributed by atoms with E-state index in [1.54, 1.807) is 6.92 Å². The van der Waals surface area contributed by atoms with E-state index >= 15 is 4.39 Å². The zero-order valence-corrected chi connectivity index (χ0v) is 20.1. The molecule has 0 radical (unpaired) electrons. The Morgan fingerprint density at radius 1 is 1.20 bits per heavy atom. The van der Waals surface area contributed by atoms with Gasteiger partial charge in [0.2, 0.25) is 5.91 Å². The van der Waals surface area contributed by atoms with Gasteiger partial charge in [0.1, 0.15) is 22.3 Å². The van der Waals surface area contributed by atoms with Crippen molar-refractivity contribution in [2.24, 2.45) is 0 Å². The largest absolute Gasteiger partial charge is 0.573 e. The van der Waals surface area contributed by atoms with Gasteiger partial charge < -0.3 is 10.1 Å². The fourth-order valence-corrected chi connectivity index (χ4v) is 4.64.